The average Bonchev–Trinajstić information content (AvgIpc) is 3.16. The van der Waals surface area contributed by atoms with Crippen molar-refractivity contribution < 1.29 is 40.7 Å². The molecule has 202 valence electrons. The molecule has 0 unspecified atom stereocenters. The monoisotopic (exact) mass is 542 g/mol. The van der Waals surface area contributed by atoms with Crippen LogP contribution in [0.1, 0.15) is 22.0 Å². The first-order chi connectivity index (χ1) is 17.9. The van der Waals surface area contributed by atoms with Gasteiger partial charge in [0.2, 0.25) is 5.91 Å². The Balaban J connectivity index is 1.38. The van der Waals surface area contributed by atoms with Crippen LogP contribution in [0.5, 0.6) is 0 Å². The number of rotatable bonds is 4. The Kier molecular flexibility index (Phi) is 6.41. The lowest BCUT2D eigenvalue weighted by Gasteiger charge is -2.38. The smallest absolute Gasteiger partial charge is 0.384 e. The zero-order valence-corrected chi connectivity index (χ0v) is 19.5. The van der Waals surface area contributed by atoms with Gasteiger partial charge in [0, 0.05) is 37.7 Å². The molecule has 2 N–H and O–H groups in total. The number of anilines is 1. The van der Waals surface area contributed by atoms with Crippen molar-refractivity contribution in [2.75, 3.05) is 38.5 Å². The van der Waals surface area contributed by atoms with Gasteiger partial charge in [0.1, 0.15) is 24.0 Å². The Labute approximate surface area is 210 Å². The molecule has 2 amide bonds. The molecule has 5 rings (SSSR count). The van der Waals surface area contributed by atoms with Crippen molar-refractivity contribution in [1.82, 2.24) is 24.6 Å². The molecule has 0 saturated carbocycles. The molecule has 1 aromatic carbocycles. The molecule has 2 aliphatic heterocycles. The highest BCUT2D eigenvalue weighted by molar-refractivity contribution is 5.96. The molecular weight excluding hydrogens is 522 g/mol. The number of fused-ring (bicyclic) bond motifs is 1. The Hall–Kier alpha value is -3.88. The summed E-state index contributed by atoms with van der Waals surface area (Å²) in [5.74, 6) is -4.72. The van der Waals surface area contributed by atoms with Crippen molar-refractivity contribution in [2.45, 2.75) is 24.7 Å². The average molecular weight is 542 g/mol. The predicted molar refractivity (Wildman–Crippen MR) is 119 cm³/mol. The van der Waals surface area contributed by atoms with E-state index in [2.05, 4.69) is 10.1 Å². The van der Waals surface area contributed by atoms with Crippen molar-refractivity contribution in [1.29, 1.82) is 0 Å². The van der Waals surface area contributed by atoms with Gasteiger partial charge in [-0.05, 0) is 6.07 Å². The van der Waals surface area contributed by atoms with Gasteiger partial charge in [0.05, 0.1) is 41.5 Å². The molecule has 2 fully saturated rings. The molecule has 0 aliphatic carbocycles. The van der Waals surface area contributed by atoms with Crippen LogP contribution in [-0.2, 0) is 16.1 Å². The summed E-state index contributed by atoms with van der Waals surface area (Å²) in [4.78, 5) is 31.3. The summed E-state index contributed by atoms with van der Waals surface area (Å²) >= 11 is 0. The van der Waals surface area contributed by atoms with Crippen LogP contribution in [0.2, 0.25) is 0 Å². The van der Waals surface area contributed by atoms with E-state index in [9.17, 15) is 35.9 Å². The number of alkyl halides is 3. The predicted octanol–water partition coefficient (Wildman–Crippen LogP) is 2.46. The second-order valence-electron chi connectivity index (χ2n) is 9.06. The molecule has 0 bridgehead atoms. The largest absolute Gasteiger partial charge is 0.416 e. The number of likely N-dealkylation sites (tertiary alicyclic amines) is 1. The minimum Gasteiger partial charge on any atom is -0.384 e. The fourth-order valence-electron chi connectivity index (χ4n) is 4.57. The van der Waals surface area contributed by atoms with Crippen LogP contribution in [0.3, 0.4) is 0 Å². The molecule has 2 saturated heterocycles. The number of amides is 2. The number of carbonyl (C=O) groups excluding carboxylic acids is 2. The summed E-state index contributed by atoms with van der Waals surface area (Å²) in [7, 11) is 0. The lowest BCUT2D eigenvalue weighted by molar-refractivity contribution is -0.236. The molecule has 0 radical (unpaired) electrons. The topological polar surface area (TPSA) is 107 Å². The van der Waals surface area contributed by atoms with Crippen molar-refractivity contribution in [3.8, 4) is 0 Å². The van der Waals surface area contributed by atoms with Crippen molar-refractivity contribution >= 4 is 28.5 Å². The highest BCUT2D eigenvalue weighted by atomic mass is 19.4. The molecule has 0 spiro atoms. The third-order valence-corrected chi connectivity index (χ3v) is 6.53. The summed E-state index contributed by atoms with van der Waals surface area (Å²) in [5.41, 5.74) is 5.32. The van der Waals surface area contributed by atoms with Gasteiger partial charge < -0.3 is 20.3 Å². The zero-order valence-electron chi connectivity index (χ0n) is 19.5. The number of benzene rings is 1. The maximum atomic E-state index is 14.9. The lowest BCUT2D eigenvalue weighted by atomic mass is 9.93. The molecule has 2 aromatic heterocycles. The quantitative estimate of drug-likeness (QED) is 0.508. The Morgan fingerprint density at radius 2 is 1.79 bits per heavy atom. The van der Waals surface area contributed by atoms with E-state index in [-0.39, 0.29) is 54.2 Å². The van der Waals surface area contributed by atoms with E-state index in [1.165, 1.54) is 4.90 Å². The van der Waals surface area contributed by atoms with Gasteiger partial charge in [-0.15, -0.1) is 0 Å². The second-order valence-corrected chi connectivity index (χ2v) is 9.06. The van der Waals surface area contributed by atoms with E-state index in [0.717, 1.165) is 27.9 Å². The van der Waals surface area contributed by atoms with Crippen LogP contribution >= 0.6 is 0 Å². The number of nitrogens with zero attached hydrogens (tertiary/aromatic N) is 5. The van der Waals surface area contributed by atoms with E-state index in [0.29, 0.717) is 6.07 Å². The van der Waals surface area contributed by atoms with Gasteiger partial charge in [-0.2, -0.15) is 18.3 Å². The fraction of sp³-hybridized carbons (Fsp3) is 0.391. The fourth-order valence-corrected chi connectivity index (χ4v) is 4.57. The number of halogens is 6. The van der Waals surface area contributed by atoms with Crippen LogP contribution in [0.15, 0.2) is 24.4 Å². The van der Waals surface area contributed by atoms with Gasteiger partial charge in [-0.1, -0.05) is 0 Å². The number of ether oxygens (including phenoxy) is 1. The van der Waals surface area contributed by atoms with Crippen molar-refractivity contribution in [3.63, 3.8) is 0 Å². The maximum absolute atomic E-state index is 14.9. The maximum Gasteiger partial charge on any atom is 0.416 e. The summed E-state index contributed by atoms with van der Waals surface area (Å²) in [5, 5.41) is 4.20. The first-order valence-electron chi connectivity index (χ1n) is 11.4. The van der Waals surface area contributed by atoms with E-state index < -0.39 is 60.6 Å². The van der Waals surface area contributed by atoms with Gasteiger partial charge in [0.15, 0.2) is 11.9 Å². The molecule has 15 heteroatoms. The third kappa shape index (κ3) is 4.73. The number of nitrogen functional groups attached to an aromatic ring is 1. The van der Waals surface area contributed by atoms with Gasteiger partial charge in [0.25, 0.3) is 5.91 Å². The van der Waals surface area contributed by atoms with Gasteiger partial charge >= 0.3 is 6.18 Å². The van der Waals surface area contributed by atoms with Crippen LogP contribution < -0.4 is 5.73 Å². The number of hydrogen-bond acceptors (Lipinski definition) is 6. The van der Waals surface area contributed by atoms with Crippen LogP contribution in [0.4, 0.5) is 32.2 Å². The highest BCUT2D eigenvalue weighted by Crippen LogP contribution is 2.35. The Morgan fingerprint density at radius 1 is 1.05 bits per heavy atom. The summed E-state index contributed by atoms with van der Waals surface area (Å²) < 4.78 is 87.9. The molecule has 38 heavy (non-hydrogen) atoms. The number of hydrogen-bond donors (Lipinski definition) is 1. The molecule has 1 atom stereocenters. The van der Waals surface area contributed by atoms with E-state index in [1.807, 2.05) is 0 Å². The highest BCUT2D eigenvalue weighted by Gasteiger charge is 2.44. The van der Waals surface area contributed by atoms with Crippen LogP contribution in [0, 0.1) is 17.5 Å². The molecule has 2 aliphatic rings. The number of carbonyl (C=O) groups is 2. The normalized spacial score (nSPS) is 18.6. The van der Waals surface area contributed by atoms with Gasteiger partial charge in [-0.3, -0.25) is 14.3 Å². The van der Waals surface area contributed by atoms with Crippen molar-refractivity contribution in [3.05, 3.63) is 53.1 Å². The molecule has 3 aromatic rings. The number of morpholine rings is 1. The van der Waals surface area contributed by atoms with Gasteiger partial charge in [-0.25, -0.2) is 18.2 Å². The first-order valence-corrected chi connectivity index (χ1v) is 11.4. The van der Waals surface area contributed by atoms with E-state index in [4.69, 9.17) is 10.5 Å². The summed E-state index contributed by atoms with van der Waals surface area (Å²) in [6.07, 6.45) is -5.98. The molecule has 4 heterocycles. The van der Waals surface area contributed by atoms with E-state index in [1.54, 1.807) is 0 Å². The SMILES string of the molecule is Nc1cc(C(=O)N2CC(c3nn(CC(=O)N4CCO[C@@H](C(F)(F)F)C4)c4cc(F)cc(F)c34)C2)c(F)cn1. The lowest BCUT2D eigenvalue weighted by Crippen LogP contribution is -2.51. The Bertz CT molecular complexity index is 1420. The molecular formula is C23H20F6N6O3. The standard InChI is InChI=1S/C23H20F6N6O3/c24-12-3-14(25)20-16(4-12)35(10-19(36)33-1-2-38-17(9-33)23(27,28)29)32-21(20)11-7-34(8-11)22(37)13-5-18(30)31-6-15(13)26/h3-6,11,17H,1-2,7-10H2,(H2,30,31)/t17-/m1/s1. The summed E-state index contributed by atoms with van der Waals surface area (Å²) in [6, 6.07) is 2.71. The third-order valence-electron chi connectivity index (χ3n) is 6.53. The zero-order chi connectivity index (χ0) is 27.4. The second kappa shape index (κ2) is 9.45. The minimum absolute atomic E-state index is 0.0219. The molecule has 9 nitrogen and oxygen atoms in total. The Morgan fingerprint density at radius 3 is 2.50 bits per heavy atom. The minimum atomic E-state index is -4.66. The number of aromatic nitrogens is 3. The van der Waals surface area contributed by atoms with Crippen LogP contribution in [0.25, 0.3) is 10.9 Å². The van der Waals surface area contributed by atoms with Crippen LogP contribution in [-0.4, -0.2) is 81.4 Å². The summed E-state index contributed by atoms with van der Waals surface area (Å²) in [6.45, 7) is -1.65. The van der Waals surface area contributed by atoms with E-state index >= 15 is 0 Å². The first kappa shape index (κ1) is 25.8. The number of pyridine rings is 1. The van der Waals surface area contributed by atoms with Crippen molar-refractivity contribution in [2.24, 2.45) is 0 Å². The number of nitrogens with two attached hydrogens (primary N) is 1.